The predicted octanol–water partition coefficient (Wildman–Crippen LogP) is 19.5. The molecule has 8 aromatic carbocycles. The molecule has 0 spiro atoms. The van der Waals surface area contributed by atoms with E-state index in [0.717, 1.165) is 168 Å². The van der Waals surface area contributed by atoms with Crippen molar-refractivity contribution in [1.82, 2.24) is 49.6 Å². The molecule has 3 saturated heterocycles. The number of aromatic nitrogens is 7. The number of ether oxygens (including phenoxy) is 8. The van der Waals surface area contributed by atoms with Gasteiger partial charge < -0.3 is 73.4 Å². The third kappa shape index (κ3) is 19.6. The Morgan fingerprint density at radius 2 is 0.759 bits per heavy atom. The number of carbonyl (C=O) groups is 3. The summed E-state index contributed by atoms with van der Waals surface area (Å²) in [7, 11) is 19.4. The summed E-state index contributed by atoms with van der Waals surface area (Å²) in [6, 6.07) is 49.4. The molecule has 10 heterocycles. The van der Waals surface area contributed by atoms with Gasteiger partial charge in [0.25, 0.3) is 0 Å². The van der Waals surface area contributed by atoms with Crippen LogP contribution in [0, 0.1) is 34.6 Å². The summed E-state index contributed by atoms with van der Waals surface area (Å²) in [5, 5.41) is 10.5. The summed E-state index contributed by atoms with van der Waals surface area (Å²) in [5.41, 5.74) is 16.5. The Balaban J connectivity index is 0.000000145. The van der Waals surface area contributed by atoms with Crippen LogP contribution >= 0.6 is 11.6 Å². The average Bonchev–Trinajstić information content (AvgIpc) is 0.736. The summed E-state index contributed by atoms with van der Waals surface area (Å²) >= 11 is 6.60. The van der Waals surface area contributed by atoms with Crippen molar-refractivity contribution in [2.45, 2.75) is 91.8 Å². The van der Waals surface area contributed by atoms with E-state index in [2.05, 4.69) is 101 Å². The molecule has 0 atom stereocenters. The summed E-state index contributed by atoms with van der Waals surface area (Å²) in [5.74, 6) is 8.91. The van der Waals surface area contributed by atoms with E-state index in [-0.39, 0.29) is 24.6 Å². The Kier molecular flexibility index (Phi) is 28.1. The van der Waals surface area contributed by atoms with Gasteiger partial charge in [0.15, 0.2) is 17.5 Å². The molecule has 4 aromatic heterocycles. The van der Waals surface area contributed by atoms with E-state index in [1.807, 2.05) is 126 Å². The van der Waals surface area contributed by atoms with E-state index in [0.29, 0.717) is 123 Å². The van der Waals surface area contributed by atoms with Gasteiger partial charge in [0.05, 0.1) is 128 Å². The molecule has 133 heavy (non-hydrogen) atoms. The number of hydrogen-bond acceptors (Lipinski definition) is 25. The van der Waals surface area contributed by atoms with Crippen molar-refractivity contribution in [2.75, 3.05) is 181 Å². The highest BCUT2D eigenvalue weighted by molar-refractivity contribution is 6.34. The van der Waals surface area contributed by atoms with Crippen molar-refractivity contribution in [1.29, 1.82) is 0 Å². The molecule has 32 heteroatoms. The van der Waals surface area contributed by atoms with Gasteiger partial charge in [-0.3, -0.25) is 14.7 Å². The molecule has 0 aliphatic carbocycles. The lowest BCUT2D eigenvalue weighted by Gasteiger charge is -2.37. The van der Waals surface area contributed by atoms with Crippen molar-refractivity contribution in [3.8, 4) is 46.0 Å². The quantitative estimate of drug-likeness (QED) is 0.0536. The van der Waals surface area contributed by atoms with Crippen molar-refractivity contribution in [3.63, 3.8) is 0 Å². The van der Waals surface area contributed by atoms with Crippen LogP contribution < -0.4 is 88.1 Å². The van der Waals surface area contributed by atoms with Gasteiger partial charge in [0.2, 0.25) is 17.8 Å². The maximum atomic E-state index is 14.4. The minimum absolute atomic E-state index is 0.239. The first-order valence-electron chi connectivity index (χ1n) is 44.4. The number of halogens is 1. The van der Waals surface area contributed by atoms with Crippen molar-refractivity contribution in [2.24, 2.45) is 0 Å². The number of urea groups is 3. The van der Waals surface area contributed by atoms with Gasteiger partial charge in [-0.15, -0.1) is 0 Å². The second-order valence-corrected chi connectivity index (χ2v) is 34.3. The number of para-hydroxylation sites is 3. The molecular weight excluding hydrogens is 1700 g/mol. The van der Waals surface area contributed by atoms with Crippen LogP contribution in [0.15, 0.2) is 183 Å². The largest absolute Gasteiger partial charge is 0.497 e. The lowest BCUT2D eigenvalue weighted by Crippen LogP contribution is -2.46. The van der Waals surface area contributed by atoms with Crippen LogP contribution in [0.2, 0.25) is 5.02 Å². The molecule has 31 nitrogen and oxygen atoms in total. The highest BCUT2D eigenvalue weighted by atomic mass is 35.5. The molecule has 3 N–H and O–H groups in total. The number of carbonyl (C=O) groups excluding carboxylic acids is 3. The van der Waals surface area contributed by atoms with E-state index in [1.54, 1.807) is 149 Å². The van der Waals surface area contributed by atoms with Crippen LogP contribution in [0.1, 0.15) is 93.2 Å². The van der Waals surface area contributed by atoms with Crippen molar-refractivity contribution >= 4 is 122 Å². The first-order valence-corrected chi connectivity index (χ1v) is 44.8. The lowest BCUT2D eigenvalue weighted by atomic mass is 9.89. The number of piperazine rings is 1. The molecule has 0 radical (unpaired) electrons. The topological polar surface area (TPSA) is 284 Å². The Hall–Kier alpha value is -14.3. The molecular formula is C101H113ClN20O11. The van der Waals surface area contributed by atoms with Gasteiger partial charge in [-0.25, -0.2) is 49.0 Å². The van der Waals surface area contributed by atoms with Crippen LogP contribution in [0.4, 0.5) is 107 Å². The summed E-state index contributed by atoms with van der Waals surface area (Å²) in [6.07, 6.45) is 11.3. The van der Waals surface area contributed by atoms with Gasteiger partial charge in [0, 0.05) is 97.1 Å². The van der Waals surface area contributed by atoms with Crippen molar-refractivity contribution < 1.29 is 52.3 Å². The third-order valence-corrected chi connectivity index (χ3v) is 25.6. The molecule has 0 saturated carbocycles. The zero-order valence-electron chi connectivity index (χ0n) is 78.1. The molecule has 3 fully saturated rings. The zero-order valence-corrected chi connectivity index (χ0v) is 78.8. The van der Waals surface area contributed by atoms with E-state index in [4.69, 9.17) is 64.4 Å². The molecule has 6 aliphatic rings. The van der Waals surface area contributed by atoms with Gasteiger partial charge >= 0.3 is 18.1 Å². The second kappa shape index (κ2) is 40.6. The van der Waals surface area contributed by atoms with Gasteiger partial charge in [-0.1, -0.05) is 72.3 Å². The number of pyridine rings is 1. The molecule has 18 rings (SSSR count). The minimum atomic E-state index is -0.328. The molecule has 6 amide bonds. The zero-order chi connectivity index (χ0) is 93.4. The molecule has 6 aliphatic heterocycles. The smallest absolute Gasteiger partial charge is 0.336 e. The van der Waals surface area contributed by atoms with Crippen LogP contribution in [0.25, 0.3) is 0 Å². The first kappa shape index (κ1) is 92.0. The van der Waals surface area contributed by atoms with E-state index < -0.39 is 0 Å². The Bertz CT molecular complexity index is 5960. The fourth-order valence-electron chi connectivity index (χ4n) is 18.1. The predicted molar refractivity (Wildman–Crippen MR) is 523 cm³/mol. The number of hydrogen-bond donors (Lipinski definition) is 3. The monoisotopic (exact) mass is 1820 g/mol. The maximum Gasteiger partial charge on any atom is 0.336 e. The Morgan fingerprint density at radius 1 is 0.353 bits per heavy atom. The number of piperidine rings is 2. The SMILES string of the molecule is COc1ccc(N2C(=O)N(c3c(C)cccc3C)Cc3cnc(Nc4ccc(C5CCN(C)CC5)c(OC)c4)nc32)c(OC)c1.COc1ccc(N2C(=O)N(c3c(C)cccc3C)Cc3cnc(Nc4ccc(N5CCN(C)CC5)c(OC)c4)nc32)c(OC)c1.COc1ccc(N2C(=O)N(c3c(C)cccc3Cl)Cc3cnc(Nc4ccc(C5CCN(C)CC5)cc4OC)nc32)nc1. The number of nitrogens with zero attached hydrogens (tertiary/aromatic N) is 17. The van der Waals surface area contributed by atoms with Crippen molar-refractivity contribution in [3.05, 3.63) is 243 Å². The number of aryl methyl sites for hydroxylation is 5. The van der Waals surface area contributed by atoms with Gasteiger partial charge in [0.1, 0.15) is 51.8 Å². The number of anilines is 16. The second-order valence-electron chi connectivity index (χ2n) is 33.9. The highest BCUT2D eigenvalue weighted by Crippen LogP contribution is 2.48. The number of nitrogens with one attached hydrogen (secondary N) is 3. The Morgan fingerprint density at radius 3 is 1.23 bits per heavy atom. The number of likely N-dealkylation sites (N-methyl/N-ethyl adjacent to an activating group) is 1. The van der Waals surface area contributed by atoms with Crippen LogP contribution in [-0.2, 0) is 19.6 Å². The number of likely N-dealkylation sites (tertiary alicyclic amines) is 2. The van der Waals surface area contributed by atoms with E-state index >= 15 is 0 Å². The number of fused-ring (bicyclic) bond motifs is 3. The molecule has 0 unspecified atom stereocenters. The maximum absolute atomic E-state index is 14.4. The van der Waals surface area contributed by atoms with E-state index in [9.17, 15) is 14.4 Å². The first-order chi connectivity index (χ1) is 64.5. The van der Waals surface area contributed by atoms with Crippen LogP contribution in [0.3, 0.4) is 0 Å². The number of rotatable bonds is 23. The standard InChI is InChI=1S/C35H40N6O4.C34H39N7O4.C32H34ClN7O3/c1-22-8-7-9-23(2)32(22)40-21-25-20-36-34(37-26-10-12-28(30(18-26)44-5)24-14-16-39(3)17-15-24)38-33(25)41(35(40)42)29-13-11-27(43-4)19-31(29)45-6;1-22-8-7-9-23(2)31(22)40-21-24-20-35-33(36-25-10-12-27(29(18-25)44-5)39-16-14-38(3)15-17-39)37-32(24)41(34(40)42)28-13-11-26(43-4)19-30(28)45-6;1-20-6-5-7-25(33)29(20)39-19-23-17-35-31(37-30(23)40(32(39)41)28-11-9-24(42-3)18-34-28)36-26-10-8-22(16-27(26)43-4)21-12-14-38(2)15-13-21/h7-13,18-20,24H,14-17,21H2,1-6H3,(H,36,37,38);7-13,18-20H,14-17,21H2,1-6H3,(H,35,36,37);5-11,16-18,21H,12-15,19H2,1-4H3,(H,35,36,37). The lowest BCUT2D eigenvalue weighted by molar-refractivity contribution is 0.251. The summed E-state index contributed by atoms with van der Waals surface area (Å²) < 4.78 is 45.0. The third-order valence-electron chi connectivity index (χ3n) is 25.3. The number of methoxy groups -OCH3 is 8. The summed E-state index contributed by atoms with van der Waals surface area (Å²) in [4.78, 5) is 95.4. The van der Waals surface area contributed by atoms with Crippen LogP contribution in [-0.4, -0.2) is 198 Å². The summed E-state index contributed by atoms with van der Waals surface area (Å²) in [6.45, 7) is 19.1. The fourth-order valence-corrected chi connectivity index (χ4v) is 18.4. The minimum Gasteiger partial charge on any atom is -0.497 e. The molecule has 12 aromatic rings. The Labute approximate surface area is 781 Å². The average molecular weight is 1820 g/mol. The number of benzene rings is 8. The van der Waals surface area contributed by atoms with E-state index in [1.165, 1.54) is 16.0 Å². The highest BCUT2D eigenvalue weighted by Gasteiger charge is 2.42. The number of amides is 6. The van der Waals surface area contributed by atoms with Gasteiger partial charge in [-0.05, 0) is 231 Å². The molecule has 690 valence electrons. The fraction of sp³-hybridized carbons (Fsp3) is 0.327. The normalized spacial score (nSPS) is 15.5. The molecule has 0 bridgehead atoms. The van der Waals surface area contributed by atoms with Crippen LogP contribution in [0.5, 0.6) is 46.0 Å². The van der Waals surface area contributed by atoms with Gasteiger partial charge in [-0.2, -0.15) is 15.0 Å².